The molecule has 1 saturated carbocycles. The molecule has 1 saturated heterocycles. The van der Waals surface area contributed by atoms with Crippen LogP contribution in [-0.4, -0.2) is 49.7 Å². The van der Waals surface area contributed by atoms with Crippen LogP contribution in [0.3, 0.4) is 0 Å². The molecule has 135 valence electrons. The van der Waals surface area contributed by atoms with Gasteiger partial charge in [-0.05, 0) is 62.6 Å². The van der Waals surface area contributed by atoms with Gasteiger partial charge in [0.15, 0.2) is 0 Å². The average molecular weight is 349 g/mol. The molecule has 0 spiro atoms. The standard InChI is InChI=1S/C21H25N4O/c1-21(26)8-11-25(13-21)15-4-2-14(3-5-15)16-6-9-22-18-12-24-20-17(19(16)18)7-10-23-20/h4,6-7,9-10,12,14-15,26H,2-3,5,8,11,13H2,1H3,(H,23,24). The molecule has 3 aromatic rings. The second kappa shape index (κ2) is 6.03. The van der Waals surface area contributed by atoms with Crippen LogP contribution in [0, 0.1) is 6.42 Å². The normalized spacial score (nSPS) is 30.4. The number of aromatic amines is 1. The molecule has 5 heteroatoms. The highest BCUT2D eigenvalue weighted by atomic mass is 16.3. The van der Waals surface area contributed by atoms with Crippen LogP contribution in [0.4, 0.5) is 0 Å². The van der Waals surface area contributed by atoms with E-state index in [0.29, 0.717) is 12.0 Å². The van der Waals surface area contributed by atoms with Crippen LogP contribution in [0.15, 0.2) is 30.7 Å². The third-order valence-corrected chi connectivity index (χ3v) is 6.22. The summed E-state index contributed by atoms with van der Waals surface area (Å²) in [7, 11) is 0. The number of H-pyrrole nitrogens is 1. The molecule has 3 unspecified atom stereocenters. The van der Waals surface area contributed by atoms with Crippen LogP contribution in [0.5, 0.6) is 0 Å². The number of likely N-dealkylation sites (tertiary alicyclic amines) is 1. The molecule has 2 fully saturated rings. The first-order valence-corrected chi connectivity index (χ1v) is 9.61. The maximum Gasteiger partial charge on any atom is 0.137 e. The number of aromatic nitrogens is 3. The third-order valence-electron chi connectivity index (χ3n) is 6.22. The summed E-state index contributed by atoms with van der Waals surface area (Å²) in [5.74, 6) is 0.528. The first kappa shape index (κ1) is 16.2. The molecular formula is C21H25N4O. The third kappa shape index (κ3) is 2.70. The smallest absolute Gasteiger partial charge is 0.137 e. The van der Waals surface area contributed by atoms with Gasteiger partial charge >= 0.3 is 0 Å². The van der Waals surface area contributed by atoms with Gasteiger partial charge in [-0.3, -0.25) is 9.88 Å². The molecule has 4 heterocycles. The van der Waals surface area contributed by atoms with E-state index in [0.717, 1.165) is 43.5 Å². The molecule has 5 nitrogen and oxygen atoms in total. The number of nitrogens with zero attached hydrogens (tertiary/aromatic N) is 3. The number of β-amino-alcohol motifs (C(OH)–C–C–N with tert-alkyl or cyclic N) is 1. The van der Waals surface area contributed by atoms with E-state index in [2.05, 4.69) is 38.4 Å². The summed E-state index contributed by atoms with van der Waals surface area (Å²) in [5, 5.41) is 12.7. The lowest BCUT2D eigenvalue weighted by atomic mass is 9.80. The van der Waals surface area contributed by atoms with E-state index in [9.17, 15) is 5.11 Å². The topological polar surface area (TPSA) is 65.0 Å². The lowest BCUT2D eigenvalue weighted by molar-refractivity contribution is 0.0621. The number of pyridine rings is 2. The van der Waals surface area contributed by atoms with Gasteiger partial charge in [-0.1, -0.05) is 0 Å². The van der Waals surface area contributed by atoms with Crippen molar-refractivity contribution in [3.63, 3.8) is 0 Å². The predicted molar refractivity (Wildman–Crippen MR) is 103 cm³/mol. The van der Waals surface area contributed by atoms with E-state index in [-0.39, 0.29) is 0 Å². The lowest BCUT2D eigenvalue weighted by Crippen LogP contribution is -2.39. The minimum atomic E-state index is -0.515. The number of hydrogen-bond acceptors (Lipinski definition) is 4. The van der Waals surface area contributed by atoms with Crippen molar-refractivity contribution in [1.29, 1.82) is 0 Å². The number of nitrogens with one attached hydrogen (secondary N) is 1. The molecule has 3 atom stereocenters. The minimum absolute atomic E-state index is 0.502. The summed E-state index contributed by atoms with van der Waals surface area (Å²) in [4.78, 5) is 14.7. The molecule has 1 aliphatic heterocycles. The highest BCUT2D eigenvalue weighted by Gasteiger charge is 2.36. The van der Waals surface area contributed by atoms with E-state index in [1.807, 2.05) is 25.5 Å². The van der Waals surface area contributed by atoms with Gasteiger partial charge in [0, 0.05) is 42.3 Å². The Morgan fingerprint density at radius 3 is 2.96 bits per heavy atom. The number of fused-ring (bicyclic) bond motifs is 3. The van der Waals surface area contributed by atoms with Gasteiger partial charge in [-0.2, -0.15) is 0 Å². The van der Waals surface area contributed by atoms with Crippen molar-refractivity contribution in [3.8, 4) is 0 Å². The van der Waals surface area contributed by atoms with E-state index in [1.165, 1.54) is 22.8 Å². The van der Waals surface area contributed by atoms with E-state index in [1.54, 1.807) is 0 Å². The van der Waals surface area contributed by atoms with Gasteiger partial charge < -0.3 is 10.1 Å². The summed E-state index contributed by atoms with van der Waals surface area (Å²) >= 11 is 0. The highest BCUT2D eigenvalue weighted by Crippen LogP contribution is 2.39. The summed E-state index contributed by atoms with van der Waals surface area (Å²) in [6.07, 6.45) is 12.5. The van der Waals surface area contributed by atoms with Gasteiger partial charge in [0.05, 0.1) is 17.3 Å². The van der Waals surface area contributed by atoms with Crippen molar-refractivity contribution in [2.75, 3.05) is 13.1 Å². The van der Waals surface area contributed by atoms with Gasteiger partial charge in [0.2, 0.25) is 0 Å². The van der Waals surface area contributed by atoms with E-state index >= 15 is 0 Å². The Balaban J connectivity index is 1.41. The summed E-state index contributed by atoms with van der Waals surface area (Å²) in [6, 6.07) is 4.80. The van der Waals surface area contributed by atoms with Crippen molar-refractivity contribution in [1.82, 2.24) is 19.9 Å². The first-order chi connectivity index (χ1) is 12.6. The molecular weight excluding hydrogens is 324 g/mol. The van der Waals surface area contributed by atoms with Gasteiger partial charge in [-0.25, -0.2) is 4.98 Å². The second-order valence-electron chi connectivity index (χ2n) is 8.19. The van der Waals surface area contributed by atoms with Crippen LogP contribution in [-0.2, 0) is 0 Å². The zero-order chi connectivity index (χ0) is 17.7. The Morgan fingerprint density at radius 2 is 2.19 bits per heavy atom. The zero-order valence-electron chi connectivity index (χ0n) is 15.2. The van der Waals surface area contributed by atoms with Crippen molar-refractivity contribution in [3.05, 3.63) is 42.7 Å². The fraction of sp³-hybridized carbons (Fsp3) is 0.476. The number of aliphatic hydroxyl groups is 1. The van der Waals surface area contributed by atoms with Gasteiger partial charge in [0.25, 0.3) is 0 Å². The Labute approximate surface area is 153 Å². The van der Waals surface area contributed by atoms with Crippen LogP contribution >= 0.6 is 0 Å². The Morgan fingerprint density at radius 1 is 1.27 bits per heavy atom. The molecule has 5 rings (SSSR count). The highest BCUT2D eigenvalue weighted by molar-refractivity contribution is 6.05. The van der Waals surface area contributed by atoms with Crippen LogP contribution in [0.1, 0.15) is 44.1 Å². The molecule has 26 heavy (non-hydrogen) atoms. The monoisotopic (exact) mass is 349 g/mol. The number of hydrogen-bond donors (Lipinski definition) is 2. The minimum Gasteiger partial charge on any atom is -0.389 e. The Bertz CT molecular complexity index is 939. The maximum absolute atomic E-state index is 10.3. The largest absolute Gasteiger partial charge is 0.389 e. The average Bonchev–Trinajstić information content (AvgIpc) is 3.27. The van der Waals surface area contributed by atoms with Gasteiger partial charge in [-0.15, -0.1) is 0 Å². The molecule has 2 N–H and O–H groups in total. The zero-order valence-corrected chi connectivity index (χ0v) is 15.2. The summed E-state index contributed by atoms with van der Waals surface area (Å²) < 4.78 is 0. The van der Waals surface area contributed by atoms with Crippen LogP contribution < -0.4 is 0 Å². The van der Waals surface area contributed by atoms with Crippen LogP contribution in [0.25, 0.3) is 21.9 Å². The molecule has 0 amide bonds. The van der Waals surface area contributed by atoms with E-state index < -0.39 is 5.60 Å². The Kier molecular flexibility index (Phi) is 3.76. The molecule has 0 aromatic carbocycles. The SMILES string of the molecule is CC1(O)CCN(C2[CH]CC(c3ccnc4cnc5[nH]ccc5c34)CC2)C1. The second-order valence-corrected chi connectivity index (χ2v) is 8.19. The summed E-state index contributed by atoms with van der Waals surface area (Å²) in [6.45, 7) is 3.76. The fourth-order valence-electron chi connectivity index (χ4n) is 4.83. The Hall–Kier alpha value is -1.98. The summed E-state index contributed by atoms with van der Waals surface area (Å²) in [5.41, 5.74) is 2.79. The molecule has 3 aromatic heterocycles. The molecule has 1 aliphatic carbocycles. The van der Waals surface area contributed by atoms with E-state index in [4.69, 9.17) is 0 Å². The number of rotatable bonds is 2. The maximum atomic E-state index is 10.3. The van der Waals surface area contributed by atoms with Crippen LogP contribution in [0.2, 0.25) is 0 Å². The van der Waals surface area contributed by atoms with Crippen molar-refractivity contribution >= 4 is 21.9 Å². The first-order valence-electron chi connectivity index (χ1n) is 9.61. The van der Waals surface area contributed by atoms with Crippen molar-refractivity contribution in [2.45, 2.75) is 50.2 Å². The molecule has 0 bridgehead atoms. The fourth-order valence-corrected chi connectivity index (χ4v) is 4.83. The molecule has 2 aliphatic rings. The lowest BCUT2D eigenvalue weighted by Gasteiger charge is -2.35. The van der Waals surface area contributed by atoms with Crippen molar-refractivity contribution in [2.24, 2.45) is 0 Å². The quantitative estimate of drug-likeness (QED) is 0.744. The van der Waals surface area contributed by atoms with Gasteiger partial charge in [0.1, 0.15) is 5.65 Å². The van der Waals surface area contributed by atoms with Crippen molar-refractivity contribution < 1.29 is 5.11 Å². The predicted octanol–water partition coefficient (Wildman–Crippen LogP) is 3.41. The molecule has 1 radical (unpaired) electrons.